The van der Waals surface area contributed by atoms with Crippen molar-refractivity contribution in [2.24, 2.45) is 0 Å². The minimum absolute atomic E-state index is 0.0377. The normalized spacial score (nSPS) is 14.9. The molecule has 1 aliphatic heterocycles. The van der Waals surface area contributed by atoms with Crippen LogP contribution in [-0.4, -0.2) is 47.6 Å². The number of nitrogens with one attached hydrogen (secondary N) is 1. The van der Waals surface area contributed by atoms with Gasteiger partial charge in [-0.3, -0.25) is 9.59 Å². The van der Waals surface area contributed by atoms with Crippen LogP contribution in [0.1, 0.15) is 45.2 Å². The van der Waals surface area contributed by atoms with E-state index >= 15 is 0 Å². The lowest BCUT2D eigenvalue weighted by atomic mass is 10.0. The second-order valence-corrected chi connectivity index (χ2v) is 8.70. The highest BCUT2D eigenvalue weighted by molar-refractivity contribution is 6.30. The Kier molecular flexibility index (Phi) is 7.83. The Morgan fingerprint density at radius 2 is 1.65 bits per heavy atom. The zero-order valence-corrected chi connectivity index (χ0v) is 19.4. The summed E-state index contributed by atoms with van der Waals surface area (Å²) in [5.41, 5.74) is 1.65. The van der Waals surface area contributed by atoms with Gasteiger partial charge in [0.1, 0.15) is 11.9 Å². The van der Waals surface area contributed by atoms with E-state index in [4.69, 9.17) is 16.3 Å². The van der Waals surface area contributed by atoms with Crippen molar-refractivity contribution in [1.82, 2.24) is 10.2 Å². The molecule has 7 heteroatoms. The first-order valence-corrected chi connectivity index (χ1v) is 11.7. The van der Waals surface area contributed by atoms with E-state index in [1.54, 1.807) is 41.3 Å². The Morgan fingerprint density at radius 3 is 2.32 bits per heavy atom. The lowest BCUT2D eigenvalue weighted by Crippen LogP contribution is -2.41. The lowest BCUT2D eigenvalue weighted by molar-refractivity contribution is 0.0595. The van der Waals surface area contributed by atoms with Crippen LogP contribution in [0.5, 0.6) is 5.75 Å². The molecule has 0 spiro atoms. The standard InChI is InChI=1S/C27H27ClN2O4/c28-22-9-11-23(12-10-22)34-24-13-15-30(16-14-24)27(33)21-8-4-7-20(17-21)26(32)29-25(18-31)19-5-2-1-3-6-19/h1-12,17,24-25,31H,13-16,18H2,(H,29,32). The zero-order valence-electron chi connectivity index (χ0n) is 18.7. The number of hydrogen-bond acceptors (Lipinski definition) is 4. The van der Waals surface area contributed by atoms with Gasteiger partial charge in [-0.1, -0.05) is 48.0 Å². The SMILES string of the molecule is O=C(NC(CO)c1ccccc1)c1cccc(C(=O)N2CCC(Oc3ccc(Cl)cc3)CC2)c1. The van der Waals surface area contributed by atoms with Crippen LogP contribution in [0.4, 0.5) is 0 Å². The first-order valence-electron chi connectivity index (χ1n) is 11.3. The van der Waals surface area contributed by atoms with Gasteiger partial charge in [0.2, 0.25) is 0 Å². The number of aliphatic hydroxyl groups excluding tert-OH is 1. The molecule has 0 aromatic heterocycles. The minimum Gasteiger partial charge on any atom is -0.490 e. The number of rotatable bonds is 7. The van der Waals surface area contributed by atoms with Crippen LogP contribution in [0.25, 0.3) is 0 Å². The van der Waals surface area contributed by atoms with Crippen molar-refractivity contribution in [2.75, 3.05) is 19.7 Å². The van der Waals surface area contributed by atoms with Gasteiger partial charge in [0, 0.05) is 42.1 Å². The van der Waals surface area contributed by atoms with E-state index in [1.165, 1.54) is 0 Å². The number of nitrogens with zero attached hydrogens (tertiary/aromatic N) is 1. The molecule has 2 amide bonds. The summed E-state index contributed by atoms with van der Waals surface area (Å²) < 4.78 is 6.01. The molecule has 0 aliphatic carbocycles. The minimum atomic E-state index is -0.521. The predicted octanol–water partition coefficient (Wildman–Crippen LogP) is 4.49. The number of likely N-dealkylation sites (tertiary alicyclic amines) is 1. The van der Waals surface area contributed by atoms with Gasteiger partial charge >= 0.3 is 0 Å². The van der Waals surface area contributed by atoms with Crippen molar-refractivity contribution in [2.45, 2.75) is 25.0 Å². The third-order valence-corrected chi connectivity index (χ3v) is 6.16. The van der Waals surface area contributed by atoms with E-state index in [1.807, 2.05) is 42.5 Å². The third kappa shape index (κ3) is 5.95. The van der Waals surface area contributed by atoms with Gasteiger partial charge in [-0.05, 0) is 48.0 Å². The Bertz CT molecular complexity index is 1110. The largest absolute Gasteiger partial charge is 0.490 e. The molecule has 3 aromatic carbocycles. The molecular weight excluding hydrogens is 452 g/mol. The Hall–Kier alpha value is -3.35. The fourth-order valence-corrected chi connectivity index (χ4v) is 4.15. The number of carbonyl (C=O) groups is 2. The maximum Gasteiger partial charge on any atom is 0.253 e. The number of carbonyl (C=O) groups excluding carboxylic acids is 2. The summed E-state index contributed by atoms with van der Waals surface area (Å²) in [5.74, 6) is 0.318. The molecule has 2 N–H and O–H groups in total. The van der Waals surface area contributed by atoms with Gasteiger partial charge in [-0.2, -0.15) is 0 Å². The monoisotopic (exact) mass is 478 g/mol. The average Bonchev–Trinajstić information content (AvgIpc) is 2.89. The van der Waals surface area contributed by atoms with Crippen LogP contribution in [0.15, 0.2) is 78.9 Å². The van der Waals surface area contributed by atoms with Crippen LogP contribution >= 0.6 is 11.6 Å². The smallest absolute Gasteiger partial charge is 0.253 e. The molecule has 1 aliphatic rings. The molecule has 1 atom stereocenters. The molecule has 1 fully saturated rings. The predicted molar refractivity (Wildman–Crippen MR) is 131 cm³/mol. The van der Waals surface area contributed by atoms with Crippen molar-refractivity contribution >= 4 is 23.4 Å². The number of piperidine rings is 1. The molecule has 1 saturated heterocycles. The molecule has 1 unspecified atom stereocenters. The zero-order chi connectivity index (χ0) is 23.9. The van der Waals surface area contributed by atoms with Gasteiger partial charge in [0.25, 0.3) is 11.8 Å². The van der Waals surface area contributed by atoms with Crippen molar-refractivity contribution < 1.29 is 19.4 Å². The molecule has 34 heavy (non-hydrogen) atoms. The Labute approximate surface area is 204 Å². The number of aliphatic hydroxyl groups is 1. The van der Waals surface area contributed by atoms with E-state index in [-0.39, 0.29) is 24.5 Å². The van der Waals surface area contributed by atoms with Crippen molar-refractivity contribution in [3.8, 4) is 5.75 Å². The number of hydrogen-bond donors (Lipinski definition) is 2. The van der Waals surface area contributed by atoms with Crippen LogP contribution in [0.3, 0.4) is 0 Å². The topological polar surface area (TPSA) is 78.9 Å². The molecule has 1 heterocycles. The van der Waals surface area contributed by atoms with Crippen LogP contribution in [-0.2, 0) is 0 Å². The highest BCUT2D eigenvalue weighted by Crippen LogP contribution is 2.22. The first-order chi connectivity index (χ1) is 16.5. The summed E-state index contributed by atoms with van der Waals surface area (Å²) in [6.07, 6.45) is 1.49. The number of benzene rings is 3. The second kappa shape index (κ2) is 11.2. The van der Waals surface area contributed by atoms with Crippen LogP contribution in [0.2, 0.25) is 5.02 Å². The Balaban J connectivity index is 1.35. The lowest BCUT2D eigenvalue weighted by Gasteiger charge is -2.32. The van der Waals surface area contributed by atoms with Crippen molar-refractivity contribution in [3.63, 3.8) is 0 Å². The van der Waals surface area contributed by atoms with E-state index in [9.17, 15) is 14.7 Å². The Morgan fingerprint density at radius 1 is 0.971 bits per heavy atom. The molecule has 176 valence electrons. The van der Waals surface area contributed by atoms with E-state index in [0.29, 0.717) is 29.2 Å². The number of ether oxygens (including phenoxy) is 1. The van der Waals surface area contributed by atoms with E-state index < -0.39 is 6.04 Å². The molecule has 3 aromatic rings. The fraction of sp³-hybridized carbons (Fsp3) is 0.259. The first kappa shape index (κ1) is 23.8. The van der Waals surface area contributed by atoms with Gasteiger partial charge in [0.05, 0.1) is 12.6 Å². The second-order valence-electron chi connectivity index (χ2n) is 8.26. The van der Waals surface area contributed by atoms with Gasteiger partial charge < -0.3 is 20.1 Å². The highest BCUT2D eigenvalue weighted by Gasteiger charge is 2.25. The van der Waals surface area contributed by atoms with E-state index in [2.05, 4.69) is 5.32 Å². The fourth-order valence-electron chi connectivity index (χ4n) is 4.02. The van der Waals surface area contributed by atoms with Crippen LogP contribution in [0, 0.1) is 0 Å². The van der Waals surface area contributed by atoms with Crippen LogP contribution < -0.4 is 10.1 Å². The van der Waals surface area contributed by atoms with Gasteiger partial charge in [0.15, 0.2) is 0 Å². The molecule has 4 rings (SSSR count). The highest BCUT2D eigenvalue weighted by atomic mass is 35.5. The van der Waals surface area contributed by atoms with Gasteiger partial charge in [-0.15, -0.1) is 0 Å². The summed E-state index contributed by atoms with van der Waals surface area (Å²) >= 11 is 5.92. The molecule has 6 nitrogen and oxygen atoms in total. The molecule has 0 saturated carbocycles. The summed E-state index contributed by atoms with van der Waals surface area (Å²) in [6, 6.07) is 22.7. The molecule has 0 radical (unpaired) electrons. The molecule has 0 bridgehead atoms. The number of halogens is 1. The average molecular weight is 479 g/mol. The molecular formula is C27H27ClN2O4. The quantitative estimate of drug-likeness (QED) is 0.524. The summed E-state index contributed by atoms with van der Waals surface area (Å²) in [7, 11) is 0. The summed E-state index contributed by atoms with van der Waals surface area (Å²) in [6.45, 7) is 0.934. The van der Waals surface area contributed by atoms with Crippen molar-refractivity contribution in [3.05, 3.63) is 101 Å². The van der Waals surface area contributed by atoms with Gasteiger partial charge in [-0.25, -0.2) is 0 Å². The van der Waals surface area contributed by atoms with Crippen molar-refractivity contribution in [1.29, 1.82) is 0 Å². The maximum absolute atomic E-state index is 13.1. The van der Waals surface area contributed by atoms with E-state index in [0.717, 1.165) is 24.2 Å². The summed E-state index contributed by atoms with van der Waals surface area (Å²) in [5, 5.41) is 13.2. The number of amides is 2. The summed E-state index contributed by atoms with van der Waals surface area (Å²) in [4.78, 5) is 27.7. The maximum atomic E-state index is 13.1. The third-order valence-electron chi connectivity index (χ3n) is 5.91.